The summed E-state index contributed by atoms with van der Waals surface area (Å²) in [7, 11) is 0. The fourth-order valence-electron chi connectivity index (χ4n) is 5.52. The molecule has 38 heavy (non-hydrogen) atoms. The summed E-state index contributed by atoms with van der Waals surface area (Å²) < 4.78 is 13.9. The average Bonchev–Trinajstić information content (AvgIpc) is 3.49. The van der Waals surface area contributed by atoms with Crippen molar-refractivity contribution in [3.05, 3.63) is 129 Å². The van der Waals surface area contributed by atoms with Gasteiger partial charge in [0.1, 0.15) is 11.9 Å². The first-order valence-corrected chi connectivity index (χ1v) is 13.2. The maximum atomic E-state index is 14.3. The molecule has 1 aliphatic heterocycles. The van der Waals surface area contributed by atoms with Crippen LogP contribution < -0.4 is 0 Å². The molecule has 1 amide bonds. The third kappa shape index (κ3) is 4.54. The smallest absolute Gasteiger partial charge is 0.327 e. The Morgan fingerprint density at radius 1 is 0.868 bits per heavy atom. The number of Topliss-reactive ketones (excluding diaryl/α,β-unsaturated/α-hetero) is 1. The zero-order chi connectivity index (χ0) is 27.0. The number of rotatable bonds is 6. The van der Waals surface area contributed by atoms with Crippen molar-refractivity contribution in [3.8, 4) is 0 Å². The molecule has 1 aromatic heterocycles. The number of carbonyl (C=O) groups is 3. The van der Waals surface area contributed by atoms with Crippen molar-refractivity contribution in [1.82, 2.24) is 4.90 Å². The van der Waals surface area contributed by atoms with Gasteiger partial charge < -0.3 is 10.0 Å². The summed E-state index contributed by atoms with van der Waals surface area (Å²) in [4.78, 5) is 43.5. The molecule has 1 fully saturated rings. The highest BCUT2D eigenvalue weighted by Gasteiger charge is 2.58. The molecule has 1 N–H and O–H groups in total. The lowest BCUT2D eigenvalue weighted by Gasteiger charge is -2.30. The number of thiophene rings is 1. The minimum absolute atomic E-state index is 0.254. The van der Waals surface area contributed by atoms with Gasteiger partial charge in [-0.05, 0) is 66.8 Å². The normalized spacial score (nSPS) is 20.9. The van der Waals surface area contributed by atoms with E-state index in [4.69, 9.17) is 0 Å². The second-order valence-electron chi connectivity index (χ2n) is 9.61. The number of hydrogen-bond donors (Lipinski definition) is 1. The molecule has 1 saturated heterocycles. The standard InChI is InChI=1S/C31H26FNO4S/c1-18-7-6-10-22(17-18)28(34)25-24(20-11-13-23(32)14-12-20)27(31(36)37)33(26(25)29-19(2)15-16-38-29)30(35)21-8-4-3-5-9-21/h3-17,24-27H,1-2H3,(H,36,37). The first-order chi connectivity index (χ1) is 18.3. The Morgan fingerprint density at radius 3 is 2.16 bits per heavy atom. The zero-order valence-electron chi connectivity index (χ0n) is 20.9. The topological polar surface area (TPSA) is 74.7 Å². The summed E-state index contributed by atoms with van der Waals surface area (Å²) >= 11 is 1.40. The van der Waals surface area contributed by atoms with E-state index >= 15 is 0 Å². The van der Waals surface area contributed by atoms with E-state index in [9.17, 15) is 23.9 Å². The lowest BCUT2D eigenvalue weighted by molar-refractivity contribution is -0.142. The Kier molecular flexibility index (Phi) is 6.95. The molecule has 0 saturated carbocycles. The summed E-state index contributed by atoms with van der Waals surface area (Å²) in [6.45, 7) is 3.78. The molecule has 5 rings (SSSR count). The van der Waals surface area contributed by atoms with Gasteiger partial charge in [0.25, 0.3) is 5.91 Å². The van der Waals surface area contributed by atoms with E-state index in [1.165, 1.54) is 40.5 Å². The Morgan fingerprint density at radius 2 is 1.55 bits per heavy atom. The van der Waals surface area contributed by atoms with Gasteiger partial charge in [-0.1, -0.05) is 54.1 Å². The first-order valence-electron chi connectivity index (χ1n) is 12.3. The van der Waals surface area contributed by atoms with Gasteiger partial charge in [-0.15, -0.1) is 11.3 Å². The zero-order valence-corrected chi connectivity index (χ0v) is 21.7. The molecular formula is C31H26FNO4S. The molecule has 3 aromatic carbocycles. The van der Waals surface area contributed by atoms with Crippen molar-refractivity contribution in [2.24, 2.45) is 5.92 Å². The first kappa shape index (κ1) is 25.5. The fourth-order valence-corrected chi connectivity index (χ4v) is 6.59. The molecule has 192 valence electrons. The monoisotopic (exact) mass is 527 g/mol. The minimum Gasteiger partial charge on any atom is -0.480 e. The van der Waals surface area contributed by atoms with E-state index in [1.807, 2.05) is 31.4 Å². The number of carboxylic acid groups (broad SMARTS) is 1. The highest BCUT2D eigenvalue weighted by atomic mass is 32.1. The van der Waals surface area contributed by atoms with Gasteiger partial charge in [-0.3, -0.25) is 9.59 Å². The third-order valence-corrected chi connectivity index (χ3v) is 8.30. The lowest BCUT2D eigenvalue weighted by atomic mass is 9.77. The number of amides is 1. The quantitative estimate of drug-likeness (QED) is 0.293. The van der Waals surface area contributed by atoms with Gasteiger partial charge in [0.05, 0.1) is 12.0 Å². The number of hydrogen-bond acceptors (Lipinski definition) is 4. The molecule has 4 unspecified atom stereocenters. The van der Waals surface area contributed by atoms with Crippen LogP contribution in [0.1, 0.15) is 54.2 Å². The van der Waals surface area contributed by atoms with Gasteiger partial charge in [0.15, 0.2) is 5.78 Å². The van der Waals surface area contributed by atoms with Crippen molar-refractivity contribution in [2.45, 2.75) is 31.8 Å². The van der Waals surface area contributed by atoms with Crippen molar-refractivity contribution in [3.63, 3.8) is 0 Å². The number of aryl methyl sites for hydroxylation is 2. The van der Waals surface area contributed by atoms with Crippen LogP contribution in [0, 0.1) is 25.6 Å². The van der Waals surface area contributed by atoms with Crippen molar-refractivity contribution in [2.75, 3.05) is 0 Å². The molecule has 0 bridgehead atoms. The van der Waals surface area contributed by atoms with Crippen LogP contribution in [0.25, 0.3) is 0 Å². The predicted molar refractivity (Wildman–Crippen MR) is 144 cm³/mol. The van der Waals surface area contributed by atoms with Gasteiger partial charge in [-0.2, -0.15) is 0 Å². The number of nitrogens with zero attached hydrogens (tertiary/aromatic N) is 1. The number of ketones is 1. The van der Waals surface area contributed by atoms with E-state index in [0.717, 1.165) is 16.0 Å². The number of halogens is 1. The lowest BCUT2D eigenvalue weighted by Crippen LogP contribution is -2.43. The van der Waals surface area contributed by atoms with Gasteiger partial charge in [0, 0.05) is 21.9 Å². The van der Waals surface area contributed by atoms with Crippen LogP contribution in [-0.2, 0) is 4.79 Å². The molecular weight excluding hydrogens is 501 g/mol. The largest absolute Gasteiger partial charge is 0.480 e. The van der Waals surface area contributed by atoms with E-state index in [0.29, 0.717) is 16.7 Å². The molecule has 1 aliphatic rings. The molecule has 2 heterocycles. The molecule has 0 aliphatic carbocycles. The van der Waals surface area contributed by atoms with E-state index < -0.39 is 41.6 Å². The van der Waals surface area contributed by atoms with Gasteiger partial charge in [0.2, 0.25) is 0 Å². The summed E-state index contributed by atoms with van der Waals surface area (Å²) in [5.74, 6) is -4.23. The highest BCUT2D eigenvalue weighted by Crippen LogP contribution is 2.53. The third-order valence-electron chi connectivity index (χ3n) is 7.21. The number of likely N-dealkylation sites (tertiary alicyclic amines) is 1. The highest BCUT2D eigenvalue weighted by molar-refractivity contribution is 7.10. The summed E-state index contributed by atoms with van der Waals surface area (Å²) in [5.41, 5.74) is 3.03. The number of carboxylic acids is 1. The van der Waals surface area contributed by atoms with Crippen molar-refractivity contribution in [1.29, 1.82) is 0 Å². The molecule has 4 atom stereocenters. The molecule has 5 nitrogen and oxygen atoms in total. The maximum absolute atomic E-state index is 14.3. The molecule has 0 spiro atoms. The number of carbonyl (C=O) groups excluding carboxylic acids is 2. The SMILES string of the molecule is Cc1cccc(C(=O)C2C(c3ccc(F)cc3)C(C(=O)O)N(C(=O)c3ccccc3)C2c2sccc2C)c1. The molecule has 4 aromatic rings. The van der Waals surface area contributed by atoms with Crippen LogP contribution in [0.5, 0.6) is 0 Å². The second kappa shape index (κ2) is 10.3. The maximum Gasteiger partial charge on any atom is 0.327 e. The number of aliphatic carboxylic acids is 1. The van der Waals surface area contributed by atoms with Crippen LogP contribution in [0.4, 0.5) is 4.39 Å². The van der Waals surface area contributed by atoms with E-state index in [1.54, 1.807) is 48.5 Å². The number of benzene rings is 3. The summed E-state index contributed by atoms with van der Waals surface area (Å²) in [6.07, 6.45) is 0. The van der Waals surface area contributed by atoms with Gasteiger partial charge in [-0.25, -0.2) is 9.18 Å². The van der Waals surface area contributed by atoms with Crippen LogP contribution in [0.3, 0.4) is 0 Å². The average molecular weight is 528 g/mol. The second-order valence-corrected chi connectivity index (χ2v) is 10.6. The van der Waals surface area contributed by atoms with Gasteiger partial charge >= 0.3 is 5.97 Å². The fraction of sp³-hybridized carbons (Fsp3) is 0.194. The Hall–Kier alpha value is -4.10. The Bertz CT molecular complexity index is 1500. The van der Waals surface area contributed by atoms with Crippen LogP contribution in [-0.4, -0.2) is 33.7 Å². The summed E-state index contributed by atoms with van der Waals surface area (Å²) in [6, 6.07) is 20.9. The van der Waals surface area contributed by atoms with Crippen molar-refractivity contribution < 1.29 is 23.9 Å². The van der Waals surface area contributed by atoms with E-state index in [-0.39, 0.29) is 5.78 Å². The van der Waals surface area contributed by atoms with Crippen LogP contribution >= 0.6 is 11.3 Å². The van der Waals surface area contributed by atoms with Crippen LogP contribution in [0.15, 0.2) is 90.3 Å². The van der Waals surface area contributed by atoms with Crippen LogP contribution in [0.2, 0.25) is 0 Å². The summed E-state index contributed by atoms with van der Waals surface area (Å²) in [5, 5.41) is 12.5. The van der Waals surface area contributed by atoms with Crippen molar-refractivity contribution >= 4 is 29.0 Å². The molecule has 7 heteroatoms. The predicted octanol–water partition coefficient (Wildman–Crippen LogP) is 6.44. The Labute approximate surface area is 224 Å². The molecule has 0 radical (unpaired) electrons. The minimum atomic E-state index is -1.35. The van der Waals surface area contributed by atoms with E-state index in [2.05, 4.69) is 0 Å². The Balaban J connectivity index is 1.78.